The molecule has 76 valence electrons. The van der Waals surface area contributed by atoms with Gasteiger partial charge in [0.2, 0.25) is 0 Å². The standard InChI is InChI=1S/C9H18N2O2/c1-13-11-7-9-4-2-3-8(5-9)6-10-12/h8-9,11H,2-7H2,1H3. The number of hydrogen-bond acceptors (Lipinski definition) is 4. The molecular weight excluding hydrogens is 168 g/mol. The van der Waals surface area contributed by atoms with Gasteiger partial charge in [-0.2, -0.15) is 4.91 Å². The van der Waals surface area contributed by atoms with Gasteiger partial charge < -0.3 is 4.84 Å². The van der Waals surface area contributed by atoms with Crippen LogP contribution in [0.2, 0.25) is 0 Å². The maximum absolute atomic E-state index is 10.1. The zero-order valence-electron chi connectivity index (χ0n) is 8.16. The minimum atomic E-state index is 0.490. The molecule has 0 saturated heterocycles. The van der Waals surface area contributed by atoms with Crippen molar-refractivity contribution in [1.29, 1.82) is 0 Å². The average Bonchev–Trinajstić information content (AvgIpc) is 2.16. The lowest BCUT2D eigenvalue weighted by Crippen LogP contribution is -2.27. The number of nitrogens with zero attached hydrogens (tertiary/aromatic N) is 1. The van der Waals surface area contributed by atoms with Crippen LogP contribution in [0, 0.1) is 16.7 Å². The van der Waals surface area contributed by atoms with Crippen molar-refractivity contribution in [3.63, 3.8) is 0 Å². The van der Waals surface area contributed by atoms with Crippen molar-refractivity contribution in [2.45, 2.75) is 25.7 Å². The van der Waals surface area contributed by atoms with E-state index >= 15 is 0 Å². The van der Waals surface area contributed by atoms with Crippen molar-refractivity contribution in [2.75, 3.05) is 20.2 Å². The van der Waals surface area contributed by atoms with Gasteiger partial charge in [-0.25, -0.2) is 5.48 Å². The van der Waals surface area contributed by atoms with E-state index in [-0.39, 0.29) is 0 Å². The maximum Gasteiger partial charge on any atom is 0.0839 e. The molecule has 0 aromatic rings. The lowest BCUT2D eigenvalue weighted by atomic mass is 9.81. The molecule has 1 fully saturated rings. The van der Waals surface area contributed by atoms with Gasteiger partial charge in [0.15, 0.2) is 0 Å². The van der Waals surface area contributed by atoms with Crippen LogP contribution in [0.1, 0.15) is 25.7 Å². The molecule has 0 bridgehead atoms. The molecule has 0 radical (unpaired) electrons. The van der Waals surface area contributed by atoms with E-state index in [1.807, 2.05) is 0 Å². The Kier molecular flexibility index (Phi) is 4.93. The molecule has 0 amide bonds. The van der Waals surface area contributed by atoms with Gasteiger partial charge in [-0.1, -0.05) is 11.6 Å². The van der Waals surface area contributed by atoms with Gasteiger partial charge in [0.1, 0.15) is 0 Å². The number of rotatable bonds is 5. The van der Waals surface area contributed by atoms with Gasteiger partial charge in [0.05, 0.1) is 13.7 Å². The molecule has 0 spiro atoms. The lowest BCUT2D eigenvalue weighted by Gasteiger charge is -2.27. The minimum absolute atomic E-state index is 0.490. The quantitative estimate of drug-likeness (QED) is 0.525. The highest BCUT2D eigenvalue weighted by Crippen LogP contribution is 2.28. The molecule has 2 unspecified atom stereocenters. The Labute approximate surface area is 79.0 Å². The summed E-state index contributed by atoms with van der Waals surface area (Å²) < 4.78 is 0. The number of nitroso groups, excluding NO2 is 1. The van der Waals surface area contributed by atoms with Crippen molar-refractivity contribution >= 4 is 0 Å². The van der Waals surface area contributed by atoms with Gasteiger partial charge in [0, 0.05) is 6.54 Å². The van der Waals surface area contributed by atoms with Crippen LogP contribution in [0.15, 0.2) is 5.18 Å². The van der Waals surface area contributed by atoms with Crippen molar-refractivity contribution in [1.82, 2.24) is 5.48 Å². The van der Waals surface area contributed by atoms with Crippen LogP contribution in [-0.2, 0) is 4.84 Å². The average molecular weight is 186 g/mol. The zero-order chi connectivity index (χ0) is 9.52. The van der Waals surface area contributed by atoms with Gasteiger partial charge in [-0.3, -0.25) is 0 Å². The number of nitrogens with one attached hydrogen (secondary N) is 1. The monoisotopic (exact) mass is 186 g/mol. The van der Waals surface area contributed by atoms with Crippen LogP contribution >= 0.6 is 0 Å². The number of hydrogen-bond donors (Lipinski definition) is 1. The molecule has 0 heterocycles. The summed E-state index contributed by atoms with van der Waals surface area (Å²) in [5, 5.41) is 2.97. The highest BCUT2D eigenvalue weighted by molar-refractivity contribution is 4.74. The van der Waals surface area contributed by atoms with E-state index in [1.165, 1.54) is 12.8 Å². The van der Waals surface area contributed by atoms with Crippen molar-refractivity contribution in [3.8, 4) is 0 Å². The summed E-state index contributed by atoms with van der Waals surface area (Å²) in [6.07, 6.45) is 4.74. The van der Waals surface area contributed by atoms with Gasteiger partial charge >= 0.3 is 0 Å². The van der Waals surface area contributed by atoms with Crippen LogP contribution in [0.5, 0.6) is 0 Å². The first kappa shape index (κ1) is 10.6. The fourth-order valence-corrected chi connectivity index (χ4v) is 2.06. The molecule has 0 aromatic heterocycles. The highest BCUT2D eigenvalue weighted by atomic mass is 16.6. The molecule has 1 N–H and O–H groups in total. The third kappa shape index (κ3) is 3.83. The topological polar surface area (TPSA) is 50.7 Å². The molecule has 0 aromatic carbocycles. The molecule has 1 aliphatic carbocycles. The Morgan fingerprint density at radius 3 is 2.92 bits per heavy atom. The lowest BCUT2D eigenvalue weighted by molar-refractivity contribution is 0.0703. The van der Waals surface area contributed by atoms with E-state index in [0.717, 1.165) is 19.4 Å². The van der Waals surface area contributed by atoms with Gasteiger partial charge in [-0.05, 0) is 31.1 Å². The molecule has 1 aliphatic rings. The first-order valence-electron chi connectivity index (χ1n) is 4.91. The normalized spacial score (nSPS) is 28.7. The molecule has 0 aliphatic heterocycles. The van der Waals surface area contributed by atoms with E-state index in [1.54, 1.807) is 7.11 Å². The summed E-state index contributed by atoms with van der Waals surface area (Å²) >= 11 is 0. The second-order valence-corrected chi connectivity index (χ2v) is 3.76. The summed E-state index contributed by atoms with van der Waals surface area (Å²) in [5.74, 6) is 1.16. The van der Waals surface area contributed by atoms with E-state index in [9.17, 15) is 4.91 Å². The Balaban J connectivity index is 2.20. The van der Waals surface area contributed by atoms with Crippen LogP contribution < -0.4 is 5.48 Å². The predicted octanol–water partition coefficient (Wildman–Crippen LogP) is 1.71. The highest BCUT2D eigenvalue weighted by Gasteiger charge is 2.21. The van der Waals surface area contributed by atoms with E-state index in [2.05, 4.69) is 10.7 Å². The summed E-state index contributed by atoms with van der Waals surface area (Å²) in [6, 6.07) is 0. The summed E-state index contributed by atoms with van der Waals surface area (Å²) in [5.41, 5.74) is 2.87. The minimum Gasteiger partial charge on any atom is -0.305 e. The summed E-state index contributed by atoms with van der Waals surface area (Å²) in [4.78, 5) is 14.9. The molecule has 2 atom stereocenters. The first-order valence-corrected chi connectivity index (χ1v) is 4.91. The SMILES string of the molecule is CONCC1CCCC(CN=O)C1. The second kappa shape index (κ2) is 6.05. The van der Waals surface area contributed by atoms with Crippen molar-refractivity contribution in [2.24, 2.45) is 17.0 Å². The third-order valence-corrected chi connectivity index (χ3v) is 2.74. The Bertz CT molecular complexity index is 153. The Hall–Kier alpha value is -0.480. The van der Waals surface area contributed by atoms with Gasteiger partial charge in [-0.15, -0.1) is 0 Å². The second-order valence-electron chi connectivity index (χ2n) is 3.76. The summed E-state index contributed by atoms with van der Waals surface area (Å²) in [6.45, 7) is 1.38. The molecule has 1 saturated carbocycles. The Morgan fingerprint density at radius 1 is 1.46 bits per heavy atom. The largest absolute Gasteiger partial charge is 0.305 e. The van der Waals surface area contributed by atoms with E-state index < -0.39 is 0 Å². The fourth-order valence-electron chi connectivity index (χ4n) is 2.06. The van der Waals surface area contributed by atoms with Crippen molar-refractivity contribution < 1.29 is 4.84 Å². The zero-order valence-corrected chi connectivity index (χ0v) is 8.16. The molecular formula is C9H18N2O2. The summed E-state index contributed by atoms with van der Waals surface area (Å²) in [7, 11) is 1.63. The Morgan fingerprint density at radius 2 is 2.23 bits per heavy atom. The van der Waals surface area contributed by atoms with E-state index in [0.29, 0.717) is 18.4 Å². The van der Waals surface area contributed by atoms with Gasteiger partial charge in [0.25, 0.3) is 0 Å². The molecule has 13 heavy (non-hydrogen) atoms. The number of hydroxylamine groups is 1. The fraction of sp³-hybridized carbons (Fsp3) is 1.00. The maximum atomic E-state index is 10.1. The van der Waals surface area contributed by atoms with Crippen LogP contribution in [0.3, 0.4) is 0 Å². The third-order valence-electron chi connectivity index (χ3n) is 2.74. The van der Waals surface area contributed by atoms with Crippen LogP contribution in [-0.4, -0.2) is 20.2 Å². The molecule has 1 rings (SSSR count). The van der Waals surface area contributed by atoms with Crippen molar-refractivity contribution in [3.05, 3.63) is 4.91 Å². The van der Waals surface area contributed by atoms with E-state index in [4.69, 9.17) is 4.84 Å². The van der Waals surface area contributed by atoms with Crippen LogP contribution in [0.4, 0.5) is 0 Å². The van der Waals surface area contributed by atoms with Crippen LogP contribution in [0.25, 0.3) is 0 Å². The molecule has 4 nitrogen and oxygen atoms in total. The predicted molar refractivity (Wildman–Crippen MR) is 51.1 cm³/mol. The molecule has 4 heteroatoms. The first-order chi connectivity index (χ1) is 6.36. The smallest absolute Gasteiger partial charge is 0.0839 e.